The Labute approximate surface area is 101 Å². The maximum atomic E-state index is 3.76. The van der Waals surface area contributed by atoms with E-state index in [1.165, 1.54) is 70.8 Å². The Morgan fingerprint density at radius 3 is 2.44 bits per heavy atom. The number of nitrogens with one attached hydrogen (secondary N) is 1. The van der Waals surface area contributed by atoms with Crippen LogP contribution in [0.4, 0.5) is 0 Å². The fourth-order valence-corrected chi connectivity index (χ4v) is 3.20. The zero-order valence-corrected chi connectivity index (χ0v) is 11.0. The summed E-state index contributed by atoms with van der Waals surface area (Å²) < 4.78 is 0. The summed E-state index contributed by atoms with van der Waals surface area (Å²) in [4.78, 5) is 0. The Bertz CT molecular complexity index is 180. The lowest BCUT2D eigenvalue weighted by molar-refractivity contribution is 0.295. The molecule has 0 bridgehead atoms. The van der Waals surface area contributed by atoms with Crippen LogP contribution in [0, 0.1) is 11.8 Å². The van der Waals surface area contributed by atoms with Gasteiger partial charge in [0.25, 0.3) is 0 Å². The van der Waals surface area contributed by atoms with Gasteiger partial charge in [0.15, 0.2) is 0 Å². The predicted octanol–water partition coefficient (Wildman–Crippen LogP) is 4.13. The van der Waals surface area contributed by atoms with Gasteiger partial charge in [0, 0.05) is 6.04 Å². The van der Waals surface area contributed by atoms with Gasteiger partial charge in [-0.3, -0.25) is 0 Å². The monoisotopic (exact) mass is 223 g/mol. The van der Waals surface area contributed by atoms with Gasteiger partial charge in [-0.25, -0.2) is 0 Å². The maximum Gasteiger partial charge on any atom is 0.00683 e. The molecule has 1 N–H and O–H groups in total. The van der Waals surface area contributed by atoms with E-state index in [0.717, 1.165) is 17.9 Å². The zero-order valence-electron chi connectivity index (χ0n) is 11.0. The summed E-state index contributed by atoms with van der Waals surface area (Å²) >= 11 is 0. The summed E-state index contributed by atoms with van der Waals surface area (Å²) in [6.45, 7) is 3.63. The van der Waals surface area contributed by atoms with Crippen LogP contribution in [0.1, 0.15) is 71.1 Å². The van der Waals surface area contributed by atoms with Crippen LogP contribution < -0.4 is 5.32 Å². The highest BCUT2D eigenvalue weighted by molar-refractivity contribution is 4.84. The standard InChI is InChI=1S/C15H29N/c1-2-3-4-9-14(12-16-15-10-11-15)13-7-5-6-8-13/h13-16H,2-12H2,1H3. The number of unbranched alkanes of at least 4 members (excludes halogenated alkanes) is 2. The van der Waals surface area contributed by atoms with Crippen molar-refractivity contribution in [1.82, 2.24) is 5.32 Å². The first-order valence-corrected chi connectivity index (χ1v) is 7.63. The van der Waals surface area contributed by atoms with Crippen LogP contribution in [0.3, 0.4) is 0 Å². The highest BCUT2D eigenvalue weighted by atomic mass is 14.9. The summed E-state index contributed by atoms with van der Waals surface area (Å²) in [7, 11) is 0. The van der Waals surface area contributed by atoms with Crippen molar-refractivity contribution in [3.63, 3.8) is 0 Å². The lowest BCUT2D eigenvalue weighted by atomic mass is 9.86. The molecule has 16 heavy (non-hydrogen) atoms. The van der Waals surface area contributed by atoms with E-state index in [1.54, 1.807) is 0 Å². The summed E-state index contributed by atoms with van der Waals surface area (Å²) in [6.07, 6.45) is 14.7. The molecule has 0 amide bonds. The van der Waals surface area contributed by atoms with Crippen molar-refractivity contribution in [3.05, 3.63) is 0 Å². The van der Waals surface area contributed by atoms with Crippen molar-refractivity contribution in [2.45, 2.75) is 77.2 Å². The molecule has 0 spiro atoms. The molecular weight excluding hydrogens is 194 g/mol. The minimum atomic E-state index is 0.898. The number of hydrogen-bond donors (Lipinski definition) is 1. The Hall–Kier alpha value is -0.0400. The molecule has 2 fully saturated rings. The first-order valence-electron chi connectivity index (χ1n) is 7.63. The lowest BCUT2D eigenvalue weighted by Crippen LogP contribution is -2.28. The Morgan fingerprint density at radius 1 is 1.06 bits per heavy atom. The molecule has 2 saturated carbocycles. The highest BCUT2D eigenvalue weighted by Gasteiger charge is 2.27. The van der Waals surface area contributed by atoms with Gasteiger partial charge in [-0.2, -0.15) is 0 Å². The predicted molar refractivity (Wildman–Crippen MR) is 70.6 cm³/mol. The van der Waals surface area contributed by atoms with Crippen molar-refractivity contribution in [2.24, 2.45) is 11.8 Å². The van der Waals surface area contributed by atoms with Crippen LogP contribution in [0.5, 0.6) is 0 Å². The first-order chi connectivity index (χ1) is 7.90. The van der Waals surface area contributed by atoms with E-state index in [-0.39, 0.29) is 0 Å². The molecule has 2 aliphatic rings. The Morgan fingerprint density at radius 2 is 1.81 bits per heavy atom. The summed E-state index contributed by atoms with van der Waals surface area (Å²) in [5.74, 6) is 2.05. The molecule has 1 unspecified atom stereocenters. The SMILES string of the molecule is CCCCCC(CNC1CC1)C1CCCC1. The van der Waals surface area contributed by atoms with E-state index >= 15 is 0 Å². The largest absolute Gasteiger partial charge is 0.314 e. The molecule has 2 rings (SSSR count). The molecule has 0 aromatic rings. The molecule has 2 aliphatic carbocycles. The maximum absolute atomic E-state index is 3.76. The summed E-state index contributed by atoms with van der Waals surface area (Å²) in [5, 5.41) is 3.76. The van der Waals surface area contributed by atoms with Crippen LogP contribution in [0.2, 0.25) is 0 Å². The molecule has 0 heterocycles. The van der Waals surface area contributed by atoms with E-state index in [4.69, 9.17) is 0 Å². The molecule has 0 aromatic carbocycles. The van der Waals surface area contributed by atoms with E-state index in [1.807, 2.05) is 0 Å². The van der Waals surface area contributed by atoms with Crippen LogP contribution in [-0.4, -0.2) is 12.6 Å². The average Bonchev–Trinajstić information content (AvgIpc) is 2.96. The number of hydrogen-bond acceptors (Lipinski definition) is 1. The normalized spacial score (nSPS) is 23.8. The van der Waals surface area contributed by atoms with E-state index in [0.29, 0.717) is 0 Å². The number of rotatable bonds is 8. The van der Waals surface area contributed by atoms with Gasteiger partial charge >= 0.3 is 0 Å². The van der Waals surface area contributed by atoms with Gasteiger partial charge < -0.3 is 5.32 Å². The molecule has 0 saturated heterocycles. The minimum Gasteiger partial charge on any atom is -0.314 e. The molecule has 1 nitrogen and oxygen atoms in total. The van der Waals surface area contributed by atoms with Gasteiger partial charge in [0.05, 0.1) is 0 Å². The third kappa shape index (κ3) is 4.08. The second-order valence-electron chi connectivity index (χ2n) is 5.98. The third-order valence-electron chi connectivity index (χ3n) is 4.49. The van der Waals surface area contributed by atoms with Crippen molar-refractivity contribution < 1.29 is 0 Å². The topological polar surface area (TPSA) is 12.0 Å². The quantitative estimate of drug-likeness (QED) is 0.610. The molecule has 1 heteroatoms. The Kier molecular flexibility index (Phi) is 5.15. The highest BCUT2D eigenvalue weighted by Crippen LogP contribution is 2.34. The first kappa shape index (κ1) is 12.4. The van der Waals surface area contributed by atoms with E-state index < -0.39 is 0 Å². The summed E-state index contributed by atoms with van der Waals surface area (Å²) in [6, 6.07) is 0.898. The van der Waals surface area contributed by atoms with Crippen LogP contribution in [0.15, 0.2) is 0 Å². The van der Waals surface area contributed by atoms with Crippen molar-refractivity contribution in [2.75, 3.05) is 6.54 Å². The fraction of sp³-hybridized carbons (Fsp3) is 1.00. The van der Waals surface area contributed by atoms with Crippen molar-refractivity contribution >= 4 is 0 Å². The van der Waals surface area contributed by atoms with Gasteiger partial charge in [-0.15, -0.1) is 0 Å². The van der Waals surface area contributed by atoms with Crippen molar-refractivity contribution in [3.8, 4) is 0 Å². The lowest BCUT2D eigenvalue weighted by Gasteiger charge is -2.24. The second kappa shape index (κ2) is 6.64. The van der Waals surface area contributed by atoms with Gasteiger partial charge in [-0.1, -0.05) is 51.9 Å². The van der Waals surface area contributed by atoms with Crippen LogP contribution in [0.25, 0.3) is 0 Å². The fourth-order valence-electron chi connectivity index (χ4n) is 3.20. The van der Waals surface area contributed by atoms with Crippen LogP contribution in [-0.2, 0) is 0 Å². The van der Waals surface area contributed by atoms with Crippen molar-refractivity contribution in [1.29, 1.82) is 0 Å². The van der Waals surface area contributed by atoms with Gasteiger partial charge in [-0.05, 0) is 37.6 Å². The molecule has 0 radical (unpaired) electrons. The van der Waals surface area contributed by atoms with Crippen LogP contribution >= 0.6 is 0 Å². The average molecular weight is 223 g/mol. The minimum absolute atomic E-state index is 0.898. The molecular formula is C15H29N. The zero-order chi connectivity index (χ0) is 11.2. The van der Waals surface area contributed by atoms with Gasteiger partial charge in [0.1, 0.15) is 0 Å². The Balaban J connectivity index is 1.69. The van der Waals surface area contributed by atoms with E-state index in [2.05, 4.69) is 12.2 Å². The molecule has 1 atom stereocenters. The van der Waals surface area contributed by atoms with Gasteiger partial charge in [0.2, 0.25) is 0 Å². The summed E-state index contributed by atoms with van der Waals surface area (Å²) in [5.41, 5.74) is 0. The smallest absolute Gasteiger partial charge is 0.00683 e. The molecule has 94 valence electrons. The van der Waals surface area contributed by atoms with E-state index in [9.17, 15) is 0 Å². The molecule has 0 aromatic heterocycles. The second-order valence-corrected chi connectivity index (χ2v) is 5.98. The third-order valence-corrected chi connectivity index (χ3v) is 4.49. The molecule has 0 aliphatic heterocycles.